The van der Waals surface area contributed by atoms with E-state index in [0.29, 0.717) is 24.7 Å². The fraction of sp³-hybridized carbons (Fsp3) is 0.417. The van der Waals surface area contributed by atoms with Crippen molar-refractivity contribution >= 4 is 23.4 Å². The van der Waals surface area contributed by atoms with E-state index >= 15 is 0 Å². The number of urea groups is 2. The summed E-state index contributed by atoms with van der Waals surface area (Å²) < 4.78 is 0. The molecule has 2 aliphatic heterocycles. The number of nitrogens with one attached hydrogen (secondary N) is 2. The molecule has 0 spiro atoms. The van der Waals surface area contributed by atoms with E-state index in [2.05, 4.69) is 46.7 Å². The molecule has 0 saturated carbocycles. The molecule has 2 aromatic carbocycles. The van der Waals surface area contributed by atoms with Crippen molar-refractivity contribution in [1.29, 1.82) is 0 Å². The number of hydrogen-bond donors (Lipinski definition) is 2. The summed E-state index contributed by atoms with van der Waals surface area (Å²) in [6.45, 7) is 6.38. The molecule has 0 aliphatic carbocycles. The zero-order valence-corrected chi connectivity index (χ0v) is 18.3. The summed E-state index contributed by atoms with van der Waals surface area (Å²) in [7, 11) is 1.88. The van der Waals surface area contributed by atoms with Crippen molar-refractivity contribution in [3.05, 3.63) is 60.2 Å². The molecule has 4 amide bonds. The van der Waals surface area contributed by atoms with Crippen LogP contribution in [0.5, 0.6) is 0 Å². The van der Waals surface area contributed by atoms with Gasteiger partial charge in [-0.1, -0.05) is 43.3 Å². The van der Waals surface area contributed by atoms with Crippen molar-refractivity contribution < 1.29 is 9.59 Å². The monoisotopic (exact) mass is 421 g/mol. The lowest BCUT2D eigenvalue weighted by Crippen LogP contribution is -2.51. The molecule has 2 heterocycles. The third-order valence-electron chi connectivity index (χ3n) is 6.28. The lowest BCUT2D eigenvalue weighted by Gasteiger charge is -2.41. The summed E-state index contributed by atoms with van der Waals surface area (Å²) >= 11 is 0. The van der Waals surface area contributed by atoms with Crippen molar-refractivity contribution in [3.8, 4) is 0 Å². The van der Waals surface area contributed by atoms with Gasteiger partial charge in [0.05, 0.1) is 0 Å². The fourth-order valence-corrected chi connectivity index (χ4v) is 4.61. The van der Waals surface area contributed by atoms with Crippen molar-refractivity contribution in [2.75, 3.05) is 43.4 Å². The first-order valence-corrected chi connectivity index (χ1v) is 11.0. The topological polar surface area (TPSA) is 67.9 Å². The standard InChI is InChI=1S/C24H31N5O2/c1-18-16-28(17-19-7-4-3-5-8-19)13-11-22(18)27(2)24(31)26-20-9-6-10-21(15-20)29-14-12-25-23(29)30/h3-10,15,18,22H,11-14,16-17H2,1-2H3,(H,25,30)(H,26,31)/t18-,22-/m0/s1. The Kier molecular flexibility index (Phi) is 6.42. The van der Waals surface area contributed by atoms with Gasteiger partial charge < -0.3 is 15.5 Å². The first kappa shape index (κ1) is 21.2. The van der Waals surface area contributed by atoms with Crippen LogP contribution in [-0.2, 0) is 6.54 Å². The van der Waals surface area contributed by atoms with Crippen LogP contribution in [-0.4, -0.2) is 61.1 Å². The molecular weight excluding hydrogens is 390 g/mol. The number of carbonyl (C=O) groups is 2. The molecule has 0 aromatic heterocycles. The van der Waals surface area contributed by atoms with E-state index in [4.69, 9.17) is 0 Å². The highest BCUT2D eigenvalue weighted by atomic mass is 16.2. The van der Waals surface area contributed by atoms with Crippen LogP contribution >= 0.6 is 0 Å². The van der Waals surface area contributed by atoms with Crippen LogP contribution in [0.2, 0.25) is 0 Å². The number of likely N-dealkylation sites (tertiary alicyclic amines) is 1. The minimum Gasteiger partial charge on any atom is -0.336 e. The molecular formula is C24H31N5O2. The molecule has 164 valence electrons. The quantitative estimate of drug-likeness (QED) is 0.775. The highest BCUT2D eigenvalue weighted by Crippen LogP contribution is 2.25. The van der Waals surface area contributed by atoms with Gasteiger partial charge in [-0.05, 0) is 36.1 Å². The largest absolute Gasteiger partial charge is 0.336 e. The van der Waals surface area contributed by atoms with Crippen LogP contribution in [0.4, 0.5) is 21.0 Å². The molecule has 0 unspecified atom stereocenters. The van der Waals surface area contributed by atoms with Gasteiger partial charge in [-0.3, -0.25) is 9.80 Å². The van der Waals surface area contributed by atoms with E-state index in [1.54, 1.807) is 4.90 Å². The zero-order chi connectivity index (χ0) is 21.8. The molecule has 2 aromatic rings. The van der Waals surface area contributed by atoms with Crippen molar-refractivity contribution in [2.45, 2.75) is 25.9 Å². The van der Waals surface area contributed by atoms with Crippen LogP contribution < -0.4 is 15.5 Å². The van der Waals surface area contributed by atoms with E-state index in [1.165, 1.54) is 5.56 Å². The van der Waals surface area contributed by atoms with Gasteiger partial charge >= 0.3 is 12.1 Å². The zero-order valence-electron chi connectivity index (χ0n) is 18.3. The van der Waals surface area contributed by atoms with Gasteiger partial charge in [-0.15, -0.1) is 0 Å². The molecule has 7 heteroatoms. The smallest absolute Gasteiger partial charge is 0.321 e. The number of piperidine rings is 1. The maximum atomic E-state index is 12.9. The summed E-state index contributed by atoms with van der Waals surface area (Å²) in [4.78, 5) is 30.8. The average molecular weight is 422 g/mol. The second kappa shape index (κ2) is 9.39. The lowest BCUT2D eigenvalue weighted by molar-refractivity contribution is 0.0933. The Hall–Kier alpha value is -3.06. The SMILES string of the molecule is C[C@H]1CN(Cc2ccccc2)CC[C@@H]1N(C)C(=O)Nc1cccc(N2CCNC2=O)c1. The van der Waals surface area contributed by atoms with Crippen LogP contribution in [0.25, 0.3) is 0 Å². The molecule has 2 aliphatic rings. The van der Waals surface area contributed by atoms with Crippen molar-refractivity contribution in [2.24, 2.45) is 5.92 Å². The Morgan fingerprint density at radius 2 is 1.97 bits per heavy atom. The van der Waals surface area contributed by atoms with Crippen LogP contribution in [0, 0.1) is 5.92 Å². The normalized spacial score (nSPS) is 21.6. The molecule has 4 rings (SSSR count). The van der Waals surface area contributed by atoms with Gasteiger partial charge in [-0.25, -0.2) is 9.59 Å². The lowest BCUT2D eigenvalue weighted by atomic mass is 9.92. The Labute approximate surface area is 184 Å². The summed E-state index contributed by atoms with van der Waals surface area (Å²) in [5, 5.41) is 5.80. The average Bonchev–Trinajstić information content (AvgIpc) is 3.20. The van der Waals surface area contributed by atoms with E-state index < -0.39 is 0 Å². The highest BCUT2D eigenvalue weighted by molar-refractivity contribution is 5.95. The predicted molar refractivity (Wildman–Crippen MR) is 123 cm³/mol. The minimum atomic E-state index is -0.114. The third-order valence-corrected chi connectivity index (χ3v) is 6.28. The molecule has 2 fully saturated rings. The van der Waals surface area contributed by atoms with Gasteiger partial charge in [-0.2, -0.15) is 0 Å². The molecule has 31 heavy (non-hydrogen) atoms. The number of benzene rings is 2. The molecule has 0 radical (unpaired) electrons. The maximum Gasteiger partial charge on any atom is 0.321 e. The van der Waals surface area contributed by atoms with Crippen LogP contribution in [0.1, 0.15) is 18.9 Å². The van der Waals surface area contributed by atoms with E-state index in [-0.39, 0.29) is 18.1 Å². The van der Waals surface area contributed by atoms with E-state index in [0.717, 1.165) is 31.7 Å². The molecule has 0 bridgehead atoms. The van der Waals surface area contributed by atoms with E-state index in [9.17, 15) is 9.59 Å². The van der Waals surface area contributed by atoms with E-state index in [1.807, 2.05) is 42.3 Å². The Morgan fingerprint density at radius 3 is 2.68 bits per heavy atom. The van der Waals surface area contributed by atoms with Gasteiger partial charge in [0.2, 0.25) is 0 Å². The number of anilines is 2. The first-order chi connectivity index (χ1) is 15.0. The van der Waals surface area contributed by atoms with Crippen LogP contribution in [0.15, 0.2) is 54.6 Å². The van der Waals surface area contributed by atoms with Crippen molar-refractivity contribution in [3.63, 3.8) is 0 Å². The van der Waals surface area contributed by atoms with Gasteiger partial charge in [0.15, 0.2) is 0 Å². The molecule has 7 nitrogen and oxygen atoms in total. The maximum absolute atomic E-state index is 12.9. The number of hydrogen-bond acceptors (Lipinski definition) is 3. The number of rotatable bonds is 5. The molecule has 2 N–H and O–H groups in total. The minimum absolute atomic E-state index is 0.100. The number of nitrogens with zero attached hydrogens (tertiary/aromatic N) is 3. The fourth-order valence-electron chi connectivity index (χ4n) is 4.61. The molecule has 2 saturated heterocycles. The predicted octanol–water partition coefficient (Wildman–Crippen LogP) is 3.59. The summed E-state index contributed by atoms with van der Waals surface area (Å²) in [6.07, 6.45) is 0.950. The molecule has 2 atom stereocenters. The number of carbonyl (C=O) groups excluding carboxylic acids is 2. The van der Waals surface area contributed by atoms with Gasteiger partial charge in [0, 0.05) is 57.2 Å². The van der Waals surface area contributed by atoms with Crippen molar-refractivity contribution in [1.82, 2.24) is 15.1 Å². The first-order valence-electron chi connectivity index (χ1n) is 11.0. The third kappa shape index (κ3) is 4.99. The Morgan fingerprint density at radius 1 is 1.16 bits per heavy atom. The van der Waals surface area contributed by atoms with Gasteiger partial charge in [0.25, 0.3) is 0 Å². The summed E-state index contributed by atoms with van der Waals surface area (Å²) in [5.74, 6) is 0.382. The second-order valence-electron chi connectivity index (χ2n) is 8.53. The highest BCUT2D eigenvalue weighted by Gasteiger charge is 2.31. The van der Waals surface area contributed by atoms with Crippen LogP contribution in [0.3, 0.4) is 0 Å². The summed E-state index contributed by atoms with van der Waals surface area (Å²) in [6, 6.07) is 18.0. The van der Waals surface area contributed by atoms with Gasteiger partial charge in [0.1, 0.15) is 0 Å². The Bertz CT molecular complexity index is 919. The second-order valence-corrected chi connectivity index (χ2v) is 8.53. The summed E-state index contributed by atoms with van der Waals surface area (Å²) in [5.41, 5.74) is 2.81. The Balaban J connectivity index is 1.34. The number of amides is 4.